The van der Waals surface area contributed by atoms with E-state index in [9.17, 15) is 0 Å². The average Bonchev–Trinajstić information content (AvgIpc) is 3.14. The molecule has 3 rings (SSSR count). The van der Waals surface area contributed by atoms with Crippen molar-refractivity contribution in [1.82, 2.24) is 0 Å². The zero-order chi connectivity index (χ0) is 15.5. The molecule has 2 heterocycles. The van der Waals surface area contributed by atoms with Gasteiger partial charge in [-0.15, -0.1) is 0 Å². The van der Waals surface area contributed by atoms with Crippen molar-refractivity contribution in [3.63, 3.8) is 0 Å². The predicted molar refractivity (Wildman–Crippen MR) is 94.7 cm³/mol. The monoisotopic (exact) mass is 308 g/mol. The van der Waals surface area contributed by atoms with E-state index < -0.39 is 0 Å². The first-order valence-corrected chi connectivity index (χ1v) is 10.2. The maximum absolute atomic E-state index is 2.50. The Hall–Kier alpha value is -0.0800. The molecular formula is C20H40N2+2. The third-order valence-corrected chi connectivity index (χ3v) is 7.41. The van der Waals surface area contributed by atoms with Crippen LogP contribution in [0.5, 0.6) is 0 Å². The largest absolute Gasteiger partial charge is 0.326 e. The van der Waals surface area contributed by atoms with Gasteiger partial charge in [0.15, 0.2) is 0 Å². The van der Waals surface area contributed by atoms with Crippen molar-refractivity contribution < 1.29 is 8.97 Å². The van der Waals surface area contributed by atoms with Crippen molar-refractivity contribution in [2.45, 2.75) is 64.2 Å². The summed E-state index contributed by atoms with van der Waals surface area (Å²) in [5.41, 5.74) is 0. The SMILES string of the molecule is C[N+]1(CCC2CCC(CC[N+]3(C)CCCC3)CC2)CCCC1. The van der Waals surface area contributed by atoms with Gasteiger partial charge in [0.1, 0.15) is 0 Å². The lowest BCUT2D eigenvalue weighted by atomic mass is 9.79. The molecule has 22 heavy (non-hydrogen) atoms. The van der Waals surface area contributed by atoms with Gasteiger partial charge >= 0.3 is 0 Å². The maximum Gasteiger partial charge on any atom is 0.0787 e. The molecule has 128 valence electrons. The topological polar surface area (TPSA) is 0 Å². The Morgan fingerprint density at radius 2 is 0.909 bits per heavy atom. The molecule has 0 aromatic carbocycles. The molecule has 0 unspecified atom stereocenters. The van der Waals surface area contributed by atoms with Crippen molar-refractivity contribution in [3.05, 3.63) is 0 Å². The fourth-order valence-electron chi connectivity index (χ4n) is 5.44. The van der Waals surface area contributed by atoms with Gasteiger partial charge in [-0.3, -0.25) is 0 Å². The number of quaternary nitrogens is 2. The van der Waals surface area contributed by atoms with Crippen molar-refractivity contribution in [2.75, 3.05) is 53.4 Å². The zero-order valence-corrected chi connectivity index (χ0v) is 15.4. The van der Waals surface area contributed by atoms with Crippen molar-refractivity contribution in [3.8, 4) is 0 Å². The van der Waals surface area contributed by atoms with Crippen molar-refractivity contribution in [2.24, 2.45) is 11.8 Å². The van der Waals surface area contributed by atoms with Gasteiger partial charge in [-0.2, -0.15) is 0 Å². The molecule has 0 aromatic heterocycles. The quantitative estimate of drug-likeness (QED) is 0.649. The van der Waals surface area contributed by atoms with Crippen molar-refractivity contribution >= 4 is 0 Å². The van der Waals surface area contributed by atoms with E-state index >= 15 is 0 Å². The Kier molecular flexibility index (Phi) is 5.50. The number of hydrogen-bond acceptors (Lipinski definition) is 0. The van der Waals surface area contributed by atoms with E-state index in [2.05, 4.69) is 14.1 Å². The van der Waals surface area contributed by atoms with E-state index in [-0.39, 0.29) is 0 Å². The first kappa shape index (κ1) is 16.8. The van der Waals surface area contributed by atoms with Crippen LogP contribution in [0.2, 0.25) is 0 Å². The molecule has 3 fully saturated rings. The van der Waals surface area contributed by atoms with Crippen LogP contribution in [0.25, 0.3) is 0 Å². The van der Waals surface area contributed by atoms with E-state index in [0.717, 1.165) is 11.8 Å². The van der Waals surface area contributed by atoms with E-state index in [1.807, 2.05) is 0 Å². The van der Waals surface area contributed by atoms with Gasteiger partial charge in [-0.1, -0.05) is 0 Å². The molecule has 2 heteroatoms. The zero-order valence-electron chi connectivity index (χ0n) is 15.4. The lowest BCUT2D eigenvalue weighted by Gasteiger charge is -2.35. The Balaban J connectivity index is 1.32. The summed E-state index contributed by atoms with van der Waals surface area (Å²) < 4.78 is 2.77. The van der Waals surface area contributed by atoms with E-state index in [1.54, 1.807) is 0 Å². The number of likely N-dealkylation sites (tertiary alicyclic amines) is 2. The average molecular weight is 309 g/mol. The second kappa shape index (κ2) is 7.21. The standard InChI is InChI=1S/C20H40N2/c1-21(13-3-4-14-21)17-11-19-7-9-20(10-8-19)12-18-22(2)15-5-6-16-22/h19-20H,3-18H2,1-2H3/q+2. The minimum absolute atomic E-state index is 1.06. The summed E-state index contributed by atoms with van der Waals surface area (Å²) in [6, 6.07) is 0. The summed E-state index contributed by atoms with van der Waals surface area (Å²) in [4.78, 5) is 0. The number of rotatable bonds is 6. The lowest BCUT2D eigenvalue weighted by molar-refractivity contribution is -0.898. The molecule has 2 aliphatic heterocycles. The van der Waals surface area contributed by atoms with Crippen LogP contribution in [0, 0.1) is 11.8 Å². The van der Waals surface area contributed by atoms with Crippen molar-refractivity contribution in [1.29, 1.82) is 0 Å². The highest BCUT2D eigenvalue weighted by molar-refractivity contribution is 4.73. The second-order valence-electron chi connectivity index (χ2n) is 9.46. The Labute approximate surface area is 139 Å². The summed E-state index contributed by atoms with van der Waals surface area (Å²) in [6.07, 6.45) is 15.1. The molecule has 0 radical (unpaired) electrons. The lowest BCUT2D eigenvalue weighted by Crippen LogP contribution is -2.43. The van der Waals surface area contributed by atoms with Crippen LogP contribution < -0.4 is 0 Å². The third kappa shape index (κ3) is 4.47. The van der Waals surface area contributed by atoms with Crippen LogP contribution >= 0.6 is 0 Å². The normalized spacial score (nSPS) is 34.1. The number of nitrogens with zero attached hydrogens (tertiary/aromatic N) is 2. The van der Waals surface area contributed by atoms with Crippen LogP contribution in [0.4, 0.5) is 0 Å². The first-order valence-electron chi connectivity index (χ1n) is 10.2. The van der Waals surface area contributed by atoms with E-state index in [4.69, 9.17) is 0 Å². The third-order valence-electron chi connectivity index (χ3n) is 7.41. The first-order chi connectivity index (χ1) is 10.6. The smallest absolute Gasteiger partial charge is 0.0787 e. The van der Waals surface area contributed by atoms with Crippen LogP contribution in [-0.4, -0.2) is 62.3 Å². The van der Waals surface area contributed by atoms with Crippen LogP contribution in [0.15, 0.2) is 0 Å². The molecule has 1 saturated carbocycles. The Bertz CT molecular complexity index is 298. The van der Waals surface area contributed by atoms with E-state index in [0.29, 0.717) is 0 Å². The van der Waals surface area contributed by atoms with E-state index in [1.165, 1.54) is 112 Å². The highest BCUT2D eigenvalue weighted by Gasteiger charge is 2.31. The summed E-state index contributed by atoms with van der Waals surface area (Å²) in [6.45, 7) is 8.73. The summed E-state index contributed by atoms with van der Waals surface area (Å²) in [5.74, 6) is 2.12. The molecule has 0 N–H and O–H groups in total. The highest BCUT2D eigenvalue weighted by atomic mass is 15.3. The molecule has 0 amide bonds. The molecule has 1 aliphatic carbocycles. The fourth-order valence-corrected chi connectivity index (χ4v) is 5.44. The van der Waals surface area contributed by atoms with Gasteiger partial charge in [0.2, 0.25) is 0 Å². The highest BCUT2D eigenvalue weighted by Crippen LogP contribution is 2.34. The molecule has 0 bridgehead atoms. The molecular weight excluding hydrogens is 268 g/mol. The van der Waals surface area contributed by atoms with Gasteiger partial charge in [0, 0.05) is 25.7 Å². The maximum atomic E-state index is 2.50. The van der Waals surface area contributed by atoms with Gasteiger partial charge in [-0.25, -0.2) is 0 Å². The molecule has 2 saturated heterocycles. The molecule has 2 nitrogen and oxygen atoms in total. The van der Waals surface area contributed by atoms with Crippen LogP contribution in [0.1, 0.15) is 64.2 Å². The predicted octanol–water partition coefficient (Wildman–Crippen LogP) is 4.05. The molecule has 0 spiro atoms. The van der Waals surface area contributed by atoms with Gasteiger partial charge in [0.25, 0.3) is 0 Å². The summed E-state index contributed by atoms with van der Waals surface area (Å²) in [5, 5.41) is 0. The van der Waals surface area contributed by atoms with Crippen LogP contribution in [-0.2, 0) is 0 Å². The van der Waals surface area contributed by atoms with Gasteiger partial charge in [0.05, 0.1) is 53.4 Å². The number of hydrogen-bond donors (Lipinski definition) is 0. The van der Waals surface area contributed by atoms with Crippen LogP contribution in [0.3, 0.4) is 0 Å². The minimum atomic E-state index is 1.06. The molecule has 3 aliphatic rings. The Morgan fingerprint density at radius 3 is 1.23 bits per heavy atom. The second-order valence-corrected chi connectivity index (χ2v) is 9.46. The minimum Gasteiger partial charge on any atom is -0.326 e. The fraction of sp³-hybridized carbons (Fsp3) is 1.00. The van der Waals surface area contributed by atoms with Gasteiger partial charge < -0.3 is 8.97 Å². The summed E-state index contributed by atoms with van der Waals surface area (Å²) >= 11 is 0. The van der Waals surface area contributed by atoms with Gasteiger partial charge in [-0.05, 0) is 50.4 Å². The molecule has 0 atom stereocenters. The summed E-state index contributed by atoms with van der Waals surface area (Å²) in [7, 11) is 5.00. The Morgan fingerprint density at radius 1 is 0.591 bits per heavy atom. The molecule has 0 aromatic rings.